The third kappa shape index (κ3) is 5.10. The fourth-order valence-electron chi connectivity index (χ4n) is 4.49. The fraction of sp³-hybridized carbons (Fsp3) is 0.333. The van der Waals surface area contributed by atoms with Gasteiger partial charge in [0.2, 0.25) is 5.82 Å². The lowest BCUT2D eigenvalue weighted by Crippen LogP contribution is -2.57. The van der Waals surface area contributed by atoms with Crippen molar-refractivity contribution < 1.29 is 31.4 Å². The van der Waals surface area contributed by atoms with Gasteiger partial charge in [0.1, 0.15) is 24.1 Å². The normalized spacial score (nSPS) is 21.3. The van der Waals surface area contributed by atoms with Gasteiger partial charge in [0.15, 0.2) is 5.82 Å². The van der Waals surface area contributed by atoms with E-state index in [0.29, 0.717) is 32.1 Å². The number of hydrogen-bond donors (Lipinski definition) is 1. The minimum absolute atomic E-state index is 0.0785. The van der Waals surface area contributed by atoms with Crippen LogP contribution in [0.5, 0.6) is 5.88 Å². The average Bonchev–Trinajstić information content (AvgIpc) is 2.87. The quantitative estimate of drug-likeness (QED) is 0.500. The van der Waals surface area contributed by atoms with E-state index in [9.17, 15) is 17.6 Å². The summed E-state index contributed by atoms with van der Waals surface area (Å²) in [6, 6.07) is 7.81. The molecular formula is C24H19F5N6O2. The zero-order chi connectivity index (χ0) is 26.2. The van der Waals surface area contributed by atoms with Gasteiger partial charge in [0.05, 0.1) is 36.1 Å². The second-order valence-electron chi connectivity index (χ2n) is 8.72. The van der Waals surface area contributed by atoms with Crippen molar-refractivity contribution in [2.24, 2.45) is 11.8 Å². The van der Waals surface area contributed by atoms with Crippen molar-refractivity contribution in [3.63, 3.8) is 0 Å². The molecule has 13 heteroatoms. The summed E-state index contributed by atoms with van der Waals surface area (Å²) in [6.07, 6.45) is -3.08. The summed E-state index contributed by atoms with van der Waals surface area (Å²) < 4.78 is 79.7. The fourth-order valence-corrected chi connectivity index (χ4v) is 4.49. The number of ether oxygens (including phenoxy) is 2. The maximum Gasteiger partial charge on any atom is 0.417 e. The number of nitrogens with one attached hydrogen (secondary N) is 1. The second kappa shape index (κ2) is 9.78. The monoisotopic (exact) mass is 518 g/mol. The molecule has 37 heavy (non-hydrogen) atoms. The number of piperidine rings is 1. The molecule has 5 rings (SSSR count). The molecule has 0 saturated carbocycles. The topological polar surface area (TPSA) is 96.2 Å². The van der Waals surface area contributed by atoms with Gasteiger partial charge in [-0.05, 0) is 30.3 Å². The number of nitriles is 1. The molecule has 1 N–H and O–H groups in total. The lowest BCUT2D eigenvalue weighted by atomic mass is 9.84. The Morgan fingerprint density at radius 2 is 1.81 bits per heavy atom. The highest BCUT2D eigenvalue weighted by Crippen LogP contribution is 2.35. The summed E-state index contributed by atoms with van der Waals surface area (Å²) in [5, 5.41) is 11.4. The van der Waals surface area contributed by atoms with Crippen LogP contribution in [0, 0.1) is 34.8 Å². The third-order valence-electron chi connectivity index (χ3n) is 6.26. The Bertz CT molecular complexity index is 1320. The maximum atomic E-state index is 15.2. The van der Waals surface area contributed by atoms with Gasteiger partial charge in [0.25, 0.3) is 5.88 Å². The van der Waals surface area contributed by atoms with Crippen LogP contribution >= 0.6 is 0 Å². The zero-order valence-electron chi connectivity index (χ0n) is 19.0. The highest BCUT2D eigenvalue weighted by molar-refractivity contribution is 5.59. The summed E-state index contributed by atoms with van der Waals surface area (Å²) in [5.41, 5.74) is -0.797. The van der Waals surface area contributed by atoms with Crippen LogP contribution in [-0.2, 0) is 10.9 Å². The number of nitrogens with zero attached hydrogens (tertiary/aromatic N) is 5. The number of rotatable bonds is 5. The highest BCUT2D eigenvalue weighted by atomic mass is 19.4. The van der Waals surface area contributed by atoms with Gasteiger partial charge in [-0.15, -0.1) is 0 Å². The number of fused-ring (bicyclic) bond motifs is 2. The molecule has 2 aliphatic rings. The Hall–Kier alpha value is -4.05. The summed E-state index contributed by atoms with van der Waals surface area (Å²) >= 11 is 0. The van der Waals surface area contributed by atoms with Crippen molar-refractivity contribution in [1.29, 1.82) is 5.26 Å². The molecule has 0 spiro atoms. The predicted molar refractivity (Wildman–Crippen MR) is 120 cm³/mol. The first kappa shape index (κ1) is 24.6. The third-order valence-corrected chi connectivity index (χ3v) is 6.26. The number of benzene rings is 1. The van der Waals surface area contributed by atoms with E-state index in [1.165, 1.54) is 18.2 Å². The summed E-state index contributed by atoms with van der Waals surface area (Å²) in [5.74, 6) is -2.38. The van der Waals surface area contributed by atoms with Crippen LogP contribution < -0.4 is 15.0 Å². The van der Waals surface area contributed by atoms with E-state index >= 15 is 4.39 Å². The lowest BCUT2D eigenvalue weighted by Gasteiger charge is -2.46. The van der Waals surface area contributed by atoms with Crippen LogP contribution in [0.1, 0.15) is 11.1 Å². The lowest BCUT2D eigenvalue weighted by molar-refractivity contribution is -0.137. The molecule has 4 heterocycles. The molecule has 2 atom stereocenters. The Balaban J connectivity index is 1.31. The molecule has 2 fully saturated rings. The van der Waals surface area contributed by atoms with Crippen LogP contribution in [0.25, 0.3) is 0 Å². The van der Waals surface area contributed by atoms with Gasteiger partial charge >= 0.3 is 6.18 Å². The number of halogens is 5. The van der Waals surface area contributed by atoms with Gasteiger partial charge in [-0.2, -0.15) is 27.8 Å². The Morgan fingerprint density at radius 3 is 2.43 bits per heavy atom. The van der Waals surface area contributed by atoms with Crippen LogP contribution in [0.4, 0.5) is 39.3 Å². The molecule has 1 aromatic carbocycles. The van der Waals surface area contributed by atoms with Gasteiger partial charge < -0.3 is 19.7 Å². The number of alkyl halides is 3. The van der Waals surface area contributed by atoms with Gasteiger partial charge in [-0.1, -0.05) is 0 Å². The molecule has 3 aromatic rings. The Morgan fingerprint density at radius 1 is 1.05 bits per heavy atom. The minimum atomic E-state index is -4.47. The van der Waals surface area contributed by atoms with E-state index in [4.69, 9.17) is 14.7 Å². The smallest absolute Gasteiger partial charge is 0.417 e. The van der Waals surface area contributed by atoms with Crippen molar-refractivity contribution in [1.82, 2.24) is 15.0 Å². The van der Waals surface area contributed by atoms with Crippen molar-refractivity contribution in [2.75, 3.05) is 36.5 Å². The van der Waals surface area contributed by atoms with Crippen molar-refractivity contribution in [3.8, 4) is 11.9 Å². The van der Waals surface area contributed by atoms with Crippen LogP contribution in [-0.4, -0.2) is 47.4 Å². The van der Waals surface area contributed by atoms with Crippen LogP contribution in [0.2, 0.25) is 0 Å². The van der Waals surface area contributed by atoms with Crippen molar-refractivity contribution >= 4 is 17.3 Å². The van der Waals surface area contributed by atoms with Crippen molar-refractivity contribution in [2.45, 2.75) is 12.3 Å². The first-order valence-corrected chi connectivity index (χ1v) is 11.2. The number of pyridine rings is 1. The first-order valence-electron chi connectivity index (χ1n) is 11.2. The van der Waals surface area contributed by atoms with Crippen molar-refractivity contribution in [3.05, 3.63) is 65.6 Å². The second-order valence-corrected chi connectivity index (χ2v) is 8.72. The Kier molecular flexibility index (Phi) is 6.51. The van der Waals surface area contributed by atoms with Crippen LogP contribution in [0.3, 0.4) is 0 Å². The molecular weight excluding hydrogens is 499 g/mol. The van der Waals surface area contributed by atoms with Gasteiger partial charge in [-0.3, -0.25) is 0 Å². The summed E-state index contributed by atoms with van der Waals surface area (Å²) in [4.78, 5) is 13.6. The Labute approximate surface area is 207 Å². The molecule has 0 amide bonds. The molecule has 2 aromatic heterocycles. The number of anilines is 3. The minimum Gasteiger partial charge on any atom is -0.471 e. The SMILES string of the molecule is N#Cc1ccc(Nc2ncnc(OC3C4COCC3CN(c3ccc(C(F)(F)F)cn3)C4)c2F)c(F)c1. The van der Waals surface area contributed by atoms with E-state index < -0.39 is 29.5 Å². The van der Waals surface area contributed by atoms with E-state index in [1.807, 2.05) is 11.0 Å². The van der Waals surface area contributed by atoms with E-state index in [-0.39, 0.29) is 34.8 Å². The first-order chi connectivity index (χ1) is 17.7. The van der Waals surface area contributed by atoms with E-state index in [1.54, 1.807) is 0 Å². The predicted octanol–water partition coefficient (Wildman–Crippen LogP) is 4.31. The highest BCUT2D eigenvalue weighted by Gasteiger charge is 2.43. The molecule has 8 nitrogen and oxygen atoms in total. The molecule has 2 aliphatic heterocycles. The molecule has 0 aliphatic carbocycles. The van der Waals surface area contributed by atoms with E-state index in [2.05, 4.69) is 20.3 Å². The molecule has 0 radical (unpaired) electrons. The molecule has 192 valence electrons. The van der Waals surface area contributed by atoms with E-state index in [0.717, 1.165) is 24.7 Å². The molecule has 2 unspecified atom stereocenters. The molecule has 2 bridgehead atoms. The van der Waals surface area contributed by atoms with Gasteiger partial charge in [-0.25, -0.2) is 14.4 Å². The van der Waals surface area contributed by atoms with Gasteiger partial charge in [0, 0.05) is 31.1 Å². The van der Waals surface area contributed by atoms with Crippen LogP contribution in [0.15, 0.2) is 42.9 Å². The standard InChI is InChI=1S/C24H19F5N6O2/c25-17-5-13(6-30)1-3-18(17)34-22-20(26)23(33-12-32-22)37-21-14-8-35(9-15(21)11-36-10-14)19-4-2-16(7-31-19)24(27,28)29/h1-5,7,12,14-15,21H,8-11H2,(H,32,33,34). The molecule has 2 saturated heterocycles. The number of aromatic nitrogens is 3. The largest absolute Gasteiger partial charge is 0.471 e. The maximum absolute atomic E-state index is 15.2. The average molecular weight is 518 g/mol. The zero-order valence-corrected chi connectivity index (χ0v) is 19.0. The number of hydrogen-bond acceptors (Lipinski definition) is 8. The summed E-state index contributed by atoms with van der Waals surface area (Å²) in [6.45, 7) is 1.33. The summed E-state index contributed by atoms with van der Waals surface area (Å²) in [7, 11) is 0.